The Morgan fingerprint density at radius 1 is 1.28 bits per heavy atom. The highest BCUT2D eigenvalue weighted by Crippen LogP contribution is 2.26. The van der Waals surface area contributed by atoms with E-state index >= 15 is 0 Å². The Labute approximate surface area is 101 Å². The van der Waals surface area contributed by atoms with Crippen molar-refractivity contribution in [2.45, 2.75) is 13.1 Å². The molecule has 1 rings (SSSR count). The fourth-order valence-electron chi connectivity index (χ4n) is 1.38. The standard InChI is InChI=1S/C11H12F3NO3/c1-2-15(6-11(12,13)14)10(18)7-3-4-8(16)9(17)5-7/h3-5,16-17H,2,6H2,1H3. The smallest absolute Gasteiger partial charge is 0.406 e. The summed E-state index contributed by atoms with van der Waals surface area (Å²) in [5, 5.41) is 18.2. The van der Waals surface area contributed by atoms with Gasteiger partial charge in [-0.15, -0.1) is 0 Å². The van der Waals surface area contributed by atoms with Gasteiger partial charge in [-0.1, -0.05) is 0 Å². The van der Waals surface area contributed by atoms with Gasteiger partial charge in [-0.25, -0.2) is 0 Å². The van der Waals surface area contributed by atoms with Crippen molar-refractivity contribution in [1.82, 2.24) is 4.90 Å². The number of phenolic OH excluding ortho intramolecular Hbond substituents is 2. The van der Waals surface area contributed by atoms with Crippen LogP contribution in [0, 0.1) is 0 Å². The average Bonchev–Trinajstić information content (AvgIpc) is 2.27. The van der Waals surface area contributed by atoms with E-state index < -0.39 is 30.1 Å². The van der Waals surface area contributed by atoms with Crippen molar-refractivity contribution in [3.05, 3.63) is 23.8 Å². The summed E-state index contributed by atoms with van der Waals surface area (Å²) in [6, 6.07) is 3.12. The minimum Gasteiger partial charge on any atom is -0.504 e. The largest absolute Gasteiger partial charge is 0.504 e. The minimum absolute atomic E-state index is 0.111. The van der Waals surface area contributed by atoms with Gasteiger partial charge in [0.05, 0.1) is 0 Å². The number of carbonyl (C=O) groups is 1. The highest BCUT2D eigenvalue weighted by Gasteiger charge is 2.32. The molecule has 0 heterocycles. The van der Waals surface area contributed by atoms with Gasteiger partial charge in [-0.2, -0.15) is 13.2 Å². The molecule has 0 unspecified atom stereocenters. The van der Waals surface area contributed by atoms with Crippen LogP contribution in [0.5, 0.6) is 11.5 Å². The first-order valence-corrected chi connectivity index (χ1v) is 5.12. The van der Waals surface area contributed by atoms with Crippen molar-refractivity contribution < 1.29 is 28.2 Å². The molecule has 1 aromatic carbocycles. The lowest BCUT2D eigenvalue weighted by Gasteiger charge is -2.22. The Hall–Kier alpha value is -1.92. The molecular formula is C11H12F3NO3. The summed E-state index contributed by atoms with van der Waals surface area (Å²) in [5.41, 5.74) is -0.114. The molecule has 0 radical (unpaired) electrons. The van der Waals surface area contributed by atoms with Crippen LogP contribution < -0.4 is 0 Å². The molecule has 1 aromatic rings. The van der Waals surface area contributed by atoms with Crippen molar-refractivity contribution in [2.24, 2.45) is 0 Å². The van der Waals surface area contributed by atoms with Gasteiger partial charge in [0, 0.05) is 12.1 Å². The van der Waals surface area contributed by atoms with E-state index in [2.05, 4.69) is 0 Å². The molecule has 0 saturated heterocycles. The molecule has 0 saturated carbocycles. The lowest BCUT2D eigenvalue weighted by atomic mass is 10.1. The molecule has 18 heavy (non-hydrogen) atoms. The number of nitrogens with zero attached hydrogens (tertiary/aromatic N) is 1. The van der Waals surface area contributed by atoms with Crippen LogP contribution >= 0.6 is 0 Å². The first-order valence-electron chi connectivity index (χ1n) is 5.12. The zero-order chi connectivity index (χ0) is 13.9. The number of carbonyl (C=O) groups excluding carboxylic acids is 1. The van der Waals surface area contributed by atoms with Gasteiger partial charge < -0.3 is 15.1 Å². The van der Waals surface area contributed by atoms with Gasteiger partial charge >= 0.3 is 6.18 Å². The number of hydrogen-bond donors (Lipinski definition) is 2. The van der Waals surface area contributed by atoms with Gasteiger partial charge in [0.25, 0.3) is 5.91 Å². The molecule has 7 heteroatoms. The van der Waals surface area contributed by atoms with Crippen LogP contribution in [0.3, 0.4) is 0 Å². The van der Waals surface area contributed by atoms with Crippen LogP contribution in [0.4, 0.5) is 13.2 Å². The molecule has 0 aliphatic carbocycles. The van der Waals surface area contributed by atoms with Crippen molar-refractivity contribution >= 4 is 5.91 Å². The van der Waals surface area contributed by atoms with Crippen molar-refractivity contribution in [3.8, 4) is 11.5 Å². The Bertz CT molecular complexity index is 446. The van der Waals surface area contributed by atoms with E-state index in [9.17, 15) is 23.1 Å². The summed E-state index contributed by atoms with van der Waals surface area (Å²) in [5.74, 6) is -1.85. The topological polar surface area (TPSA) is 60.8 Å². The lowest BCUT2D eigenvalue weighted by Crippen LogP contribution is -2.38. The molecule has 0 aliphatic rings. The second kappa shape index (κ2) is 5.16. The number of halogens is 3. The van der Waals surface area contributed by atoms with Crippen molar-refractivity contribution in [1.29, 1.82) is 0 Å². The molecule has 0 atom stereocenters. The normalized spacial score (nSPS) is 11.3. The predicted octanol–water partition coefficient (Wildman–Crippen LogP) is 2.12. The first kappa shape index (κ1) is 14.1. The molecule has 0 bridgehead atoms. The molecule has 1 amide bonds. The van der Waals surface area contributed by atoms with E-state index in [1.807, 2.05) is 0 Å². The maximum Gasteiger partial charge on any atom is 0.406 e. The molecule has 2 N–H and O–H groups in total. The summed E-state index contributed by atoms with van der Waals surface area (Å²) in [6.45, 7) is -0.0478. The number of hydrogen-bond acceptors (Lipinski definition) is 3. The quantitative estimate of drug-likeness (QED) is 0.821. The van der Waals surface area contributed by atoms with Gasteiger partial charge in [0.2, 0.25) is 0 Å². The van der Waals surface area contributed by atoms with E-state index in [1.54, 1.807) is 0 Å². The number of aromatic hydroxyl groups is 2. The third-order valence-corrected chi connectivity index (χ3v) is 2.26. The molecule has 4 nitrogen and oxygen atoms in total. The number of rotatable bonds is 3. The number of amides is 1. The van der Waals surface area contributed by atoms with Gasteiger partial charge in [-0.3, -0.25) is 4.79 Å². The third-order valence-electron chi connectivity index (χ3n) is 2.26. The van der Waals surface area contributed by atoms with Gasteiger partial charge in [-0.05, 0) is 25.1 Å². The SMILES string of the molecule is CCN(CC(F)(F)F)C(=O)c1ccc(O)c(O)c1. The van der Waals surface area contributed by atoms with Crippen LogP contribution in [0.25, 0.3) is 0 Å². The fourth-order valence-corrected chi connectivity index (χ4v) is 1.38. The average molecular weight is 263 g/mol. The minimum atomic E-state index is -4.48. The lowest BCUT2D eigenvalue weighted by molar-refractivity contribution is -0.140. The molecule has 0 fully saturated rings. The van der Waals surface area contributed by atoms with Crippen LogP contribution in [0.15, 0.2) is 18.2 Å². The number of alkyl halides is 3. The second-order valence-corrected chi connectivity index (χ2v) is 3.64. The Morgan fingerprint density at radius 2 is 1.89 bits per heavy atom. The molecule has 0 aromatic heterocycles. The van der Waals surface area contributed by atoms with E-state index in [4.69, 9.17) is 5.11 Å². The summed E-state index contributed by atoms with van der Waals surface area (Å²) in [6.07, 6.45) is -4.48. The third kappa shape index (κ3) is 3.54. The fraction of sp³-hybridized carbons (Fsp3) is 0.364. The zero-order valence-corrected chi connectivity index (χ0v) is 9.53. The zero-order valence-electron chi connectivity index (χ0n) is 9.53. The molecule has 0 spiro atoms. The summed E-state index contributed by atoms with van der Waals surface area (Å²) in [4.78, 5) is 12.4. The van der Waals surface area contributed by atoms with Crippen LogP contribution in [0.1, 0.15) is 17.3 Å². The second-order valence-electron chi connectivity index (χ2n) is 3.64. The first-order chi connectivity index (χ1) is 8.24. The Kier molecular flexibility index (Phi) is 4.05. The van der Waals surface area contributed by atoms with Gasteiger partial charge in [0.1, 0.15) is 6.54 Å². The molecular weight excluding hydrogens is 251 g/mol. The van der Waals surface area contributed by atoms with E-state index in [0.717, 1.165) is 18.2 Å². The van der Waals surface area contributed by atoms with Crippen molar-refractivity contribution in [3.63, 3.8) is 0 Å². The predicted molar refractivity (Wildman–Crippen MR) is 57.4 cm³/mol. The van der Waals surface area contributed by atoms with Gasteiger partial charge in [0.15, 0.2) is 11.5 Å². The van der Waals surface area contributed by atoms with Crippen LogP contribution in [0.2, 0.25) is 0 Å². The Balaban J connectivity index is 2.93. The molecule has 100 valence electrons. The summed E-state index contributed by atoms with van der Waals surface area (Å²) >= 11 is 0. The van der Waals surface area contributed by atoms with Crippen LogP contribution in [-0.2, 0) is 0 Å². The van der Waals surface area contributed by atoms with E-state index in [1.165, 1.54) is 6.92 Å². The van der Waals surface area contributed by atoms with Crippen molar-refractivity contribution in [2.75, 3.05) is 13.1 Å². The van der Waals surface area contributed by atoms with Crippen LogP contribution in [-0.4, -0.2) is 40.3 Å². The Morgan fingerprint density at radius 3 is 2.33 bits per heavy atom. The highest BCUT2D eigenvalue weighted by atomic mass is 19.4. The van der Waals surface area contributed by atoms with E-state index in [-0.39, 0.29) is 12.1 Å². The van der Waals surface area contributed by atoms with E-state index in [0.29, 0.717) is 4.90 Å². The maximum absolute atomic E-state index is 12.2. The number of phenols is 2. The summed E-state index contributed by atoms with van der Waals surface area (Å²) in [7, 11) is 0. The summed E-state index contributed by atoms with van der Waals surface area (Å²) < 4.78 is 36.7. The maximum atomic E-state index is 12.2. The highest BCUT2D eigenvalue weighted by molar-refractivity contribution is 5.94. The monoisotopic (exact) mass is 263 g/mol. The molecule has 0 aliphatic heterocycles. The number of benzene rings is 1.